The molecule has 0 aliphatic heterocycles. The summed E-state index contributed by atoms with van der Waals surface area (Å²) in [6.07, 6.45) is 0. The molecular weight excluding hydrogens is 236 g/mol. The zero-order valence-electron chi connectivity index (χ0n) is 11.2. The third-order valence-corrected chi connectivity index (χ3v) is 2.95. The normalized spacial score (nSPS) is 12.1. The van der Waals surface area contributed by atoms with Crippen LogP contribution in [0.1, 0.15) is 18.5 Å². The van der Waals surface area contributed by atoms with Gasteiger partial charge in [-0.25, -0.2) is 0 Å². The van der Waals surface area contributed by atoms with Crippen molar-refractivity contribution in [1.82, 2.24) is 5.32 Å². The molecule has 2 rings (SSSR count). The summed E-state index contributed by atoms with van der Waals surface area (Å²) >= 11 is 0. The Labute approximate surface area is 114 Å². The van der Waals surface area contributed by atoms with Gasteiger partial charge in [0.2, 0.25) is 0 Å². The van der Waals surface area contributed by atoms with Crippen molar-refractivity contribution in [3.8, 4) is 11.5 Å². The first-order valence-corrected chi connectivity index (χ1v) is 6.56. The zero-order valence-corrected chi connectivity index (χ0v) is 11.2. The van der Waals surface area contributed by atoms with Crippen LogP contribution in [0.4, 0.5) is 0 Å². The van der Waals surface area contributed by atoms with Crippen molar-refractivity contribution in [3.05, 3.63) is 60.2 Å². The van der Waals surface area contributed by atoms with Crippen LogP contribution in [0.5, 0.6) is 11.5 Å². The second kappa shape index (κ2) is 6.92. The molecule has 0 saturated heterocycles. The summed E-state index contributed by atoms with van der Waals surface area (Å²) in [6, 6.07) is 18.2. The maximum absolute atomic E-state index is 5.75. The Morgan fingerprint density at radius 2 is 1.63 bits per heavy atom. The molecule has 0 aromatic heterocycles. The second-order valence-corrected chi connectivity index (χ2v) is 4.45. The molecule has 2 aromatic rings. The number of para-hydroxylation sites is 1. The summed E-state index contributed by atoms with van der Waals surface area (Å²) in [5.41, 5.74) is 6.71. The van der Waals surface area contributed by atoms with Crippen LogP contribution in [0.2, 0.25) is 0 Å². The van der Waals surface area contributed by atoms with E-state index in [1.54, 1.807) is 0 Å². The fourth-order valence-electron chi connectivity index (χ4n) is 1.87. The quantitative estimate of drug-likeness (QED) is 0.835. The fourth-order valence-corrected chi connectivity index (χ4v) is 1.87. The highest BCUT2D eigenvalue weighted by atomic mass is 16.5. The average Bonchev–Trinajstić information content (AvgIpc) is 2.46. The largest absolute Gasteiger partial charge is 0.457 e. The Morgan fingerprint density at radius 1 is 1.00 bits per heavy atom. The molecule has 0 fully saturated rings. The van der Waals surface area contributed by atoms with Crippen molar-refractivity contribution in [2.75, 3.05) is 13.1 Å². The van der Waals surface area contributed by atoms with Crippen LogP contribution in [0, 0.1) is 0 Å². The van der Waals surface area contributed by atoms with Crippen LogP contribution >= 0.6 is 0 Å². The topological polar surface area (TPSA) is 47.3 Å². The van der Waals surface area contributed by atoms with E-state index in [1.165, 1.54) is 5.56 Å². The SMILES string of the molecule is CC(NCCN)c1ccc(Oc2ccccc2)cc1. The van der Waals surface area contributed by atoms with Gasteiger partial charge in [-0.3, -0.25) is 0 Å². The minimum absolute atomic E-state index is 0.300. The predicted octanol–water partition coefficient (Wildman–Crippen LogP) is 3.09. The molecule has 19 heavy (non-hydrogen) atoms. The van der Waals surface area contributed by atoms with Gasteiger partial charge in [0.05, 0.1) is 0 Å². The lowest BCUT2D eigenvalue weighted by atomic mass is 10.1. The maximum Gasteiger partial charge on any atom is 0.127 e. The van der Waals surface area contributed by atoms with Crippen LogP contribution in [0.3, 0.4) is 0 Å². The van der Waals surface area contributed by atoms with Gasteiger partial charge in [0.25, 0.3) is 0 Å². The van der Waals surface area contributed by atoms with Gasteiger partial charge in [-0.1, -0.05) is 30.3 Å². The molecule has 3 N–H and O–H groups in total. The number of nitrogens with two attached hydrogens (primary N) is 1. The van der Waals surface area contributed by atoms with Crippen LogP contribution in [-0.4, -0.2) is 13.1 Å². The van der Waals surface area contributed by atoms with Crippen LogP contribution in [0.15, 0.2) is 54.6 Å². The van der Waals surface area contributed by atoms with Crippen molar-refractivity contribution in [2.24, 2.45) is 5.73 Å². The van der Waals surface area contributed by atoms with E-state index in [-0.39, 0.29) is 0 Å². The monoisotopic (exact) mass is 256 g/mol. The number of rotatable bonds is 6. The molecule has 0 amide bonds. The third-order valence-electron chi connectivity index (χ3n) is 2.95. The Balaban J connectivity index is 1.98. The first-order chi connectivity index (χ1) is 9.29. The summed E-state index contributed by atoms with van der Waals surface area (Å²) < 4.78 is 5.75. The lowest BCUT2D eigenvalue weighted by Gasteiger charge is -2.14. The molecule has 0 bridgehead atoms. The Morgan fingerprint density at radius 3 is 2.26 bits per heavy atom. The lowest BCUT2D eigenvalue weighted by Crippen LogP contribution is -2.25. The molecule has 3 heteroatoms. The highest BCUT2D eigenvalue weighted by molar-refractivity contribution is 5.33. The summed E-state index contributed by atoms with van der Waals surface area (Å²) in [5.74, 6) is 1.70. The molecule has 0 saturated carbocycles. The average molecular weight is 256 g/mol. The summed E-state index contributed by atoms with van der Waals surface area (Å²) in [6.45, 7) is 3.60. The first kappa shape index (κ1) is 13.6. The zero-order chi connectivity index (χ0) is 13.5. The minimum atomic E-state index is 0.300. The number of ether oxygens (including phenoxy) is 1. The van der Waals surface area contributed by atoms with Gasteiger partial charge in [0, 0.05) is 19.1 Å². The highest BCUT2D eigenvalue weighted by Crippen LogP contribution is 2.22. The van der Waals surface area contributed by atoms with E-state index >= 15 is 0 Å². The summed E-state index contributed by atoms with van der Waals surface area (Å²) in [4.78, 5) is 0. The highest BCUT2D eigenvalue weighted by Gasteiger charge is 2.04. The smallest absolute Gasteiger partial charge is 0.127 e. The van der Waals surface area contributed by atoms with Crippen LogP contribution < -0.4 is 15.8 Å². The third kappa shape index (κ3) is 4.09. The standard InChI is InChI=1S/C16H20N2O/c1-13(18-12-11-17)14-7-9-16(10-8-14)19-15-5-3-2-4-6-15/h2-10,13,18H,11-12,17H2,1H3. The number of hydrogen-bond donors (Lipinski definition) is 2. The van der Waals surface area contributed by atoms with Crippen molar-refractivity contribution < 1.29 is 4.74 Å². The van der Waals surface area contributed by atoms with Crippen molar-refractivity contribution in [1.29, 1.82) is 0 Å². The lowest BCUT2D eigenvalue weighted by molar-refractivity contribution is 0.482. The molecular formula is C16H20N2O. The van der Waals surface area contributed by atoms with Crippen molar-refractivity contribution >= 4 is 0 Å². The molecule has 0 aliphatic carbocycles. The maximum atomic E-state index is 5.75. The van der Waals surface area contributed by atoms with E-state index in [9.17, 15) is 0 Å². The fraction of sp³-hybridized carbons (Fsp3) is 0.250. The Hall–Kier alpha value is -1.84. The Bertz CT molecular complexity index is 482. The van der Waals surface area contributed by atoms with Gasteiger partial charge in [-0.2, -0.15) is 0 Å². The van der Waals surface area contributed by atoms with Crippen LogP contribution in [-0.2, 0) is 0 Å². The molecule has 0 aliphatic rings. The summed E-state index contributed by atoms with van der Waals surface area (Å²) in [7, 11) is 0. The van der Waals surface area contributed by atoms with Crippen LogP contribution in [0.25, 0.3) is 0 Å². The van der Waals surface area contributed by atoms with E-state index in [0.29, 0.717) is 12.6 Å². The molecule has 0 radical (unpaired) electrons. The van der Waals surface area contributed by atoms with Gasteiger partial charge in [-0.05, 0) is 36.8 Å². The number of benzene rings is 2. The first-order valence-electron chi connectivity index (χ1n) is 6.56. The second-order valence-electron chi connectivity index (χ2n) is 4.45. The van der Waals surface area contributed by atoms with Gasteiger partial charge in [0.1, 0.15) is 11.5 Å². The molecule has 3 nitrogen and oxygen atoms in total. The van der Waals surface area contributed by atoms with E-state index in [2.05, 4.69) is 24.4 Å². The van der Waals surface area contributed by atoms with E-state index in [1.807, 2.05) is 42.5 Å². The van der Waals surface area contributed by atoms with E-state index < -0.39 is 0 Å². The number of nitrogens with one attached hydrogen (secondary N) is 1. The minimum Gasteiger partial charge on any atom is -0.457 e. The summed E-state index contributed by atoms with van der Waals surface area (Å²) in [5, 5.41) is 3.35. The van der Waals surface area contributed by atoms with Crippen molar-refractivity contribution in [2.45, 2.75) is 13.0 Å². The molecule has 0 spiro atoms. The van der Waals surface area contributed by atoms with E-state index in [4.69, 9.17) is 10.5 Å². The van der Waals surface area contributed by atoms with Gasteiger partial charge in [-0.15, -0.1) is 0 Å². The van der Waals surface area contributed by atoms with Crippen molar-refractivity contribution in [3.63, 3.8) is 0 Å². The molecule has 2 aromatic carbocycles. The van der Waals surface area contributed by atoms with E-state index in [0.717, 1.165) is 18.0 Å². The predicted molar refractivity (Wildman–Crippen MR) is 78.4 cm³/mol. The van der Waals surface area contributed by atoms with Gasteiger partial charge < -0.3 is 15.8 Å². The molecule has 0 heterocycles. The Kier molecular flexibility index (Phi) is 4.95. The molecule has 1 unspecified atom stereocenters. The molecule has 1 atom stereocenters. The van der Waals surface area contributed by atoms with Gasteiger partial charge >= 0.3 is 0 Å². The number of hydrogen-bond acceptors (Lipinski definition) is 3. The molecule has 100 valence electrons. The van der Waals surface area contributed by atoms with Gasteiger partial charge in [0.15, 0.2) is 0 Å².